The summed E-state index contributed by atoms with van der Waals surface area (Å²) in [6.45, 7) is 3.89. The first-order valence-corrected chi connectivity index (χ1v) is 13.4. The van der Waals surface area contributed by atoms with Crippen LogP contribution in [0.1, 0.15) is 35.7 Å². The van der Waals surface area contributed by atoms with Gasteiger partial charge in [0.2, 0.25) is 5.91 Å². The normalized spacial score (nSPS) is 20.0. The van der Waals surface area contributed by atoms with Gasteiger partial charge in [-0.05, 0) is 44.2 Å². The highest BCUT2D eigenvalue weighted by atomic mass is 35.5. The van der Waals surface area contributed by atoms with Crippen molar-refractivity contribution in [3.63, 3.8) is 0 Å². The van der Waals surface area contributed by atoms with Gasteiger partial charge in [-0.1, -0.05) is 17.7 Å². The molecule has 2 aromatic carbocycles. The second-order valence-electron chi connectivity index (χ2n) is 10.1. The number of amides is 2. The predicted molar refractivity (Wildman–Crippen MR) is 143 cm³/mol. The monoisotopic (exact) mass is 587 g/mol. The maximum atomic E-state index is 14.9. The number of nitrogens with one attached hydrogen (secondary N) is 3. The minimum atomic E-state index is -4.24. The van der Waals surface area contributed by atoms with Gasteiger partial charge in [0.15, 0.2) is 11.6 Å². The number of carbonyl (C=O) groups is 2. The van der Waals surface area contributed by atoms with Gasteiger partial charge in [-0.2, -0.15) is 13.2 Å². The van der Waals surface area contributed by atoms with Crippen molar-refractivity contribution in [3.05, 3.63) is 58.1 Å². The highest BCUT2D eigenvalue weighted by Gasteiger charge is 2.31. The molecule has 40 heavy (non-hydrogen) atoms. The zero-order valence-corrected chi connectivity index (χ0v) is 22.6. The SMILES string of the molecule is C[C@@H]1CN(CCC(F)(F)F)CCN1c1cc(Cl)ccc1NC(=O)c1ccc(CNC(=O)[C@H]2CCNC2)c(F)c1F. The van der Waals surface area contributed by atoms with Crippen LogP contribution in [0.5, 0.6) is 0 Å². The third-order valence-electron chi connectivity index (χ3n) is 7.23. The van der Waals surface area contributed by atoms with Crippen molar-refractivity contribution in [3.8, 4) is 0 Å². The largest absolute Gasteiger partial charge is 0.390 e. The number of halogens is 6. The molecule has 2 heterocycles. The zero-order valence-electron chi connectivity index (χ0n) is 21.9. The first-order valence-electron chi connectivity index (χ1n) is 13.0. The zero-order chi connectivity index (χ0) is 29.0. The minimum Gasteiger partial charge on any atom is -0.365 e. The minimum absolute atomic E-state index is 0.0854. The highest BCUT2D eigenvalue weighted by Crippen LogP contribution is 2.33. The molecule has 2 atom stereocenters. The lowest BCUT2D eigenvalue weighted by Crippen LogP contribution is -2.52. The molecule has 0 aliphatic carbocycles. The Morgan fingerprint density at radius 2 is 1.90 bits per heavy atom. The van der Waals surface area contributed by atoms with Gasteiger partial charge in [-0.25, -0.2) is 8.78 Å². The van der Waals surface area contributed by atoms with Crippen molar-refractivity contribution in [1.29, 1.82) is 0 Å². The second-order valence-corrected chi connectivity index (χ2v) is 10.6. The van der Waals surface area contributed by atoms with Crippen LogP contribution in [-0.2, 0) is 11.3 Å². The Bertz CT molecular complexity index is 1240. The fraction of sp³-hybridized carbons (Fsp3) is 0.481. The average Bonchev–Trinajstić information content (AvgIpc) is 3.44. The van der Waals surface area contributed by atoms with E-state index in [0.717, 1.165) is 12.6 Å². The number of nitrogens with zero attached hydrogens (tertiary/aromatic N) is 2. The van der Waals surface area contributed by atoms with Crippen LogP contribution < -0.4 is 20.9 Å². The van der Waals surface area contributed by atoms with Crippen LogP contribution >= 0.6 is 11.6 Å². The molecule has 0 unspecified atom stereocenters. The van der Waals surface area contributed by atoms with E-state index in [4.69, 9.17) is 11.6 Å². The van der Waals surface area contributed by atoms with Crippen LogP contribution in [0.4, 0.5) is 33.3 Å². The molecule has 0 spiro atoms. The van der Waals surface area contributed by atoms with Crippen molar-refractivity contribution < 1.29 is 31.5 Å². The number of hydrogen-bond acceptors (Lipinski definition) is 5. The van der Waals surface area contributed by atoms with E-state index < -0.39 is 35.7 Å². The number of anilines is 2. The highest BCUT2D eigenvalue weighted by molar-refractivity contribution is 6.31. The Morgan fingerprint density at radius 1 is 1.12 bits per heavy atom. The number of hydrogen-bond donors (Lipinski definition) is 3. The summed E-state index contributed by atoms with van der Waals surface area (Å²) in [5.74, 6) is -3.93. The molecule has 2 saturated heterocycles. The Hall–Kier alpha value is -2.96. The maximum absolute atomic E-state index is 14.9. The Balaban J connectivity index is 1.44. The van der Waals surface area contributed by atoms with Crippen molar-refractivity contribution in [2.75, 3.05) is 49.5 Å². The van der Waals surface area contributed by atoms with E-state index in [1.54, 1.807) is 11.0 Å². The molecule has 7 nitrogen and oxygen atoms in total. The molecule has 2 aliphatic heterocycles. The molecule has 3 N–H and O–H groups in total. The Labute approximate surface area is 234 Å². The summed E-state index contributed by atoms with van der Waals surface area (Å²) in [7, 11) is 0. The number of carbonyl (C=O) groups excluding carboxylic acids is 2. The van der Waals surface area contributed by atoms with Gasteiger partial charge in [0.05, 0.1) is 29.3 Å². The summed E-state index contributed by atoms with van der Waals surface area (Å²) >= 11 is 6.20. The lowest BCUT2D eigenvalue weighted by molar-refractivity contribution is -0.138. The van der Waals surface area contributed by atoms with Gasteiger partial charge in [0.1, 0.15) is 0 Å². The lowest BCUT2D eigenvalue weighted by atomic mass is 10.1. The smallest absolute Gasteiger partial charge is 0.365 e. The summed E-state index contributed by atoms with van der Waals surface area (Å²) in [6.07, 6.45) is -4.47. The number of benzene rings is 2. The van der Waals surface area contributed by atoms with Gasteiger partial charge in [-0.3, -0.25) is 14.5 Å². The van der Waals surface area contributed by atoms with Crippen molar-refractivity contribution >= 4 is 34.8 Å². The predicted octanol–water partition coefficient (Wildman–Crippen LogP) is 4.56. The van der Waals surface area contributed by atoms with Crippen molar-refractivity contribution in [2.24, 2.45) is 5.92 Å². The molecule has 218 valence electrons. The molecule has 4 rings (SSSR count). The summed E-state index contributed by atoms with van der Waals surface area (Å²) < 4.78 is 67.7. The molecule has 2 fully saturated rings. The van der Waals surface area contributed by atoms with Gasteiger partial charge in [0, 0.05) is 55.9 Å². The van der Waals surface area contributed by atoms with Gasteiger partial charge >= 0.3 is 6.18 Å². The van der Waals surface area contributed by atoms with E-state index in [1.807, 2.05) is 11.8 Å². The third kappa shape index (κ3) is 7.41. The fourth-order valence-electron chi connectivity index (χ4n) is 5.02. The fourth-order valence-corrected chi connectivity index (χ4v) is 5.19. The summed E-state index contributed by atoms with van der Waals surface area (Å²) in [6, 6.07) is 6.89. The van der Waals surface area contributed by atoms with Gasteiger partial charge in [-0.15, -0.1) is 0 Å². The number of piperazine rings is 1. The van der Waals surface area contributed by atoms with Crippen LogP contribution in [0.2, 0.25) is 5.02 Å². The molecular weight excluding hydrogens is 557 g/mol. The standard InChI is InChI=1S/C27H31ClF5N5O2/c1-16-15-37(9-7-27(31,32)33)10-11-38(16)22-12-19(28)3-5-21(22)36-26(40)20-4-2-17(23(29)24(20)30)14-35-25(39)18-6-8-34-13-18/h2-5,12,16,18,34H,6-11,13-15H2,1H3,(H,35,39)(H,36,40)/t16-,18+/m1/s1. The number of rotatable bonds is 8. The van der Waals surface area contributed by atoms with E-state index in [2.05, 4.69) is 16.0 Å². The quantitative estimate of drug-likeness (QED) is 0.395. The Morgan fingerprint density at radius 3 is 2.58 bits per heavy atom. The molecule has 2 aromatic rings. The second kappa shape index (κ2) is 12.7. The van der Waals surface area contributed by atoms with Crippen LogP contribution in [0, 0.1) is 17.6 Å². The molecule has 0 radical (unpaired) electrons. The topological polar surface area (TPSA) is 76.7 Å². The van der Waals surface area contributed by atoms with E-state index in [0.29, 0.717) is 49.0 Å². The Kier molecular flexibility index (Phi) is 9.52. The molecule has 2 amide bonds. The first-order chi connectivity index (χ1) is 18.9. The maximum Gasteiger partial charge on any atom is 0.390 e. The van der Waals surface area contributed by atoms with Gasteiger partial charge in [0.25, 0.3) is 5.91 Å². The molecule has 13 heteroatoms. The van der Waals surface area contributed by atoms with E-state index >= 15 is 0 Å². The summed E-state index contributed by atoms with van der Waals surface area (Å²) in [4.78, 5) is 28.8. The number of alkyl halides is 3. The van der Waals surface area contributed by atoms with Gasteiger partial charge < -0.3 is 20.9 Å². The van der Waals surface area contributed by atoms with Crippen LogP contribution in [-0.4, -0.2) is 68.2 Å². The van der Waals surface area contributed by atoms with Crippen LogP contribution in [0.15, 0.2) is 30.3 Å². The third-order valence-corrected chi connectivity index (χ3v) is 7.47. The first kappa shape index (κ1) is 30.0. The molecule has 0 aromatic heterocycles. The van der Waals surface area contributed by atoms with Crippen LogP contribution in [0.3, 0.4) is 0 Å². The van der Waals surface area contributed by atoms with E-state index in [1.165, 1.54) is 18.2 Å². The summed E-state index contributed by atoms with van der Waals surface area (Å²) in [5, 5.41) is 8.66. The molecule has 2 aliphatic rings. The summed E-state index contributed by atoms with van der Waals surface area (Å²) in [5.41, 5.74) is 0.216. The van der Waals surface area contributed by atoms with Crippen LogP contribution in [0.25, 0.3) is 0 Å². The van der Waals surface area contributed by atoms with E-state index in [-0.39, 0.29) is 36.5 Å². The van der Waals surface area contributed by atoms with Crippen molar-refractivity contribution in [1.82, 2.24) is 15.5 Å². The van der Waals surface area contributed by atoms with Crippen molar-refractivity contribution in [2.45, 2.75) is 38.5 Å². The molecule has 0 saturated carbocycles. The lowest BCUT2D eigenvalue weighted by Gasteiger charge is -2.42. The molecule has 0 bridgehead atoms. The average molecular weight is 588 g/mol. The molecular formula is C27H31ClF5N5O2. The van der Waals surface area contributed by atoms with E-state index in [9.17, 15) is 31.5 Å².